The number of esters is 1. The summed E-state index contributed by atoms with van der Waals surface area (Å²) in [5, 5.41) is 0. The van der Waals surface area contributed by atoms with Crippen molar-refractivity contribution in [1.82, 2.24) is 0 Å². The van der Waals surface area contributed by atoms with Gasteiger partial charge in [-0.05, 0) is 13.0 Å². The molecule has 3 nitrogen and oxygen atoms in total. The fourth-order valence-electron chi connectivity index (χ4n) is 1.95. The van der Waals surface area contributed by atoms with Gasteiger partial charge in [0.15, 0.2) is 18.9 Å². The van der Waals surface area contributed by atoms with Crippen molar-refractivity contribution in [3.8, 4) is 0 Å². The molecule has 1 heterocycles. The highest BCUT2D eigenvalue weighted by atomic mass is 16.5. The molecular weight excluding hydrogens is 238 g/mol. The third-order valence-electron chi connectivity index (χ3n) is 2.78. The molecule has 3 heteroatoms. The van der Waals surface area contributed by atoms with Crippen LogP contribution in [0.15, 0.2) is 54.9 Å². The normalized spacial score (nSPS) is 10.2. The van der Waals surface area contributed by atoms with Crippen LogP contribution in [0, 0.1) is 0 Å². The summed E-state index contributed by atoms with van der Waals surface area (Å²) in [4.78, 5) is 11.5. The van der Waals surface area contributed by atoms with Crippen molar-refractivity contribution in [2.45, 2.75) is 19.9 Å². The lowest BCUT2D eigenvalue weighted by molar-refractivity contribution is -0.688. The number of hydrogen-bond donors (Lipinski definition) is 0. The lowest BCUT2D eigenvalue weighted by Crippen LogP contribution is -2.34. The van der Waals surface area contributed by atoms with Gasteiger partial charge in [-0.25, -0.2) is 4.57 Å². The third kappa shape index (κ3) is 4.21. The second-order valence-corrected chi connectivity index (χ2v) is 4.35. The quantitative estimate of drug-likeness (QED) is 0.606. The van der Waals surface area contributed by atoms with E-state index in [0.29, 0.717) is 13.0 Å². The van der Waals surface area contributed by atoms with E-state index < -0.39 is 0 Å². The van der Waals surface area contributed by atoms with Gasteiger partial charge >= 0.3 is 5.97 Å². The number of pyridine rings is 1. The largest absolute Gasteiger partial charge is 0.466 e. The number of nitrogens with zero attached hydrogens (tertiary/aromatic N) is 1. The van der Waals surface area contributed by atoms with Crippen molar-refractivity contribution in [3.05, 3.63) is 66.0 Å². The molecule has 0 atom stereocenters. The number of benzene rings is 1. The highest BCUT2D eigenvalue weighted by Gasteiger charge is 2.08. The van der Waals surface area contributed by atoms with E-state index in [1.54, 1.807) is 0 Å². The van der Waals surface area contributed by atoms with Gasteiger partial charge in [-0.15, -0.1) is 0 Å². The molecule has 0 amide bonds. The van der Waals surface area contributed by atoms with Gasteiger partial charge < -0.3 is 4.74 Å². The van der Waals surface area contributed by atoms with Crippen molar-refractivity contribution in [2.75, 3.05) is 6.61 Å². The van der Waals surface area contributed by atoms with Gasteiger partial charge in [0, 0.05) is 17.2 Å². The molecule has 0 saturated heterocycles. The zero-order valence-corrected chi connectivity index (χ0v) is 11.1. The monoisotopic (exact) mass is 256 g/mol. The van der Waals surface area contributed by atoms with E-state index in [4.69, 9.17) is 4.74 Å². The molecule has 0 aliphatic carbocycles. The van der Waals surface area contributed by atoms with Crippen LogP contribution < -0.4 is 4.57 Å². The second-order valence-electron chi connectivity index (χ2n) is 4.35. The molecular formula is C16H18NO2+. The standard InChI is InChI=1S/C16H18NO2/c1-2-19-16(18)11-15-9-6-10-17(13-15)12-14-7-4-3-5-8-14/h3-10,13H,2,11-12H2,1H3/q+1. The van der Waals surface area contributed by atoms with E-state index in [2.05, 4.69) is 16.7 Å². The van der Waals surface area contributed by atoms with E-state index in [1.807, 2.05) is 49.6 Å². The summed E-state index contributed by atoms with van der Waals surface area (Å²) in [7, 11) is 0. The van der Waals surface area contributed by atoms with Crippen molar-refractivity contribution in [3.63, 3.8) is 0 Å². The Morgan fingerprint density at radius 1 is 1.11 bits per heavy atom. The van der Waals surface area contributed by atoms with Crippen molar-refractivity contribution in [1.29, 1.82) is 0 Å². The maximum absolute atomic E-state index is 11.5. The molecule has 1 aromatic carbocycles. The van der Waals surface area contributed by atoms with E-state index in [0.717, 1.165) is 12.1 Å². The summed E-state index contributed by atoms with van der Waals surface area (Å²) < 4.78 is 7.03. The number of ether oxygens (including phenoxy) is 1. The fourth-order valence-corrected chi connectivity index (χ4v) is 1.95. The van der Waals surface area contributed by atoms with Crippen LogP contribution in [0.1, 0.15) is 18.1 Å². The molecule has 2 rings (SSSR count). The fraction of sp³-hybridized carbons (Fsp3) is 0.250. The summed E-state index contributed by atoms with van der Waals surface area (Å²) in [6.07, 6.45) is 4.31. The number of rotatable bonds is 5. The summed E-state index contributed by atoms with van der Waals surface area (Å²) >= 11 is 0. The lowest BCUT2D eigenvalue weighted by atomic mass is 10.2. The summed E-state index contributed by atoms with van der Waals surface area (Å²) in [5.41, 5.74) is 2.21. The van der Waals surface area contributed by atoms with E-state index in [-0.39, 0.29) is 5.97 Å². The summed E-state index contributed by atoms with van der Waals surface area (Å²) in [6.45, 7) is 3.05. The molecule has 0 bridgehead atoms. The van der Waals surface area contributed by atoms with E-state index in [1.165, 1.54) is 5.56 Å². The summed E-state index contributed by atoms with van der Waals surface area (Å²) in [6, 6.07) is 14.1. The number of aromatic nitrogens is 1. The SMILES string of the molecule is CCOC(=O)Cc1ccc[n+](Cc2ccccc2)c1. The minimum absolute atomic E-state index is 0.181. The zero-order chi connectivity index (χ0) is 13.5. The van der Waals surface area contributed by atoms with Gasteiger partial charge in [0.1, 0.15) is 0 Å². The Hall–Kier alpha value is -2.16. The van der Waals surface area contributed by atoms with Gasteiger partial charge in [-0.1, -0.05) is 30.3 Å². The van der Waals surface area contributed by atoms with Crippen LogP contribution in [0.25, 0.3) is 0 Å². The Morgan fingerprint density at radius 3 is 2.58 bits per heavy atom. The molecule has 0 spiro atoms. The average Bonchev–Trinajstić information content (AvgIpc) is 2.40. The number of carbonyl (C=O) groups is 1. The zero-order valence-electron chi connectivity index (χ0n) is 11.1. The van der Waals surface area contributed by atoms with Gasteiger partial charge in [-0.3, -0.25) is 4.79 Å². The molecule has 19 heavy (non-hydrogen) atoms. The smallest absolute Gasteiger partial charge is 0.310 e. The molecule has 0 aliphatic heterocycles. The minimum Gasteiger partial charge on any atom is -0.466 e. The Kier molecular flexibility index (Phi) is 4.67. The second kappa shape index (κ2) is 6.69. The Bertz CT molecular complexity index is 537. The van der Waals surface area contributed by atoms with Crippen LogP contribution >= 0.6 is 0 Å². The third-order valence-corrected chi connectivity index (χ3v) is 2.78. The number of carbonyl (C=O) groups excluding carboxylic acids is 1. The van der Waals surface area contributed by atoms with E-state index >= 15 is 0 Å². The predicted molar refractivity (Wildman–Crippen MR) is 72.5 cm³/mol. The summed E-state index contributed by atoms with van der Waals surface area (Å²) in [5.74, 6) is -0.181. The Morgan fingerprint density at radius 2 is 1.84 bits per heavy atom. The van der Waals surface area contributed by atoms with Crippen LogP contribution in [-0.4, -0.2) is 12.6 Å². The topological polar surface area (TPSA) is 30.2 Å². The van der Waals surface area contributed by atoms with Gasteiger partial charge in [0.05, 0.1) is 13.0 Å². The van der Waals surface area contributed by atoms with Crippen LogP contribution in [0.5, 0.6) is 0 Å². The van der Waals surface area contributed by atoms with Gasteiger partial charge in [0.2, 0.25) is 0 Å². The van der Waals surface area contributed by atoms with Gasteiger partial charge in [0.25, 0.3) is 0 Å². The maximum Gasteiger partial charge on any atom is 0.310 e. The molecule has 0 N–H and O–H groups in total. The molecule has 0 unspecified atom stereocenters. The van der Waals surface area contributed by atoms with Crippen molar-refractivity contribution >= 4 is 5.97 Å². The molecule has 0 fully saturated rings. The molecule has 98 valence electrons. The van der Waals surface area contributed by atoms with E-state index in [9.17, 15) is 4.79 Å². The molecule has 2 aromatic rings. The molecule has 1 aromatic heterocycles. The van der Waals surface area contributed by atoms with Gasteiger partial charge in [-0.2, -0.15) is 0 Å². The van der Waals surface area contributed by atoms with Crippen molar-refractivity contribution < 1.29 is 14.1 Å². The van der Waals surface area contributed by atoms with Crippen molar-refractivity contribution in [2.24, 2.45) is 0 Å². The average molecular weight is 256 g/mol. The molecule has 0 aliphatic rings. The van der Waals surface area contributed by atoms with Crippen LogP contribution in [-0.2, 0) is 22.5 Å². The first-order chi connectivity index (χ1) is 9.28. The maximum atomic E-state index is 11.5. The first-order valence-electron chi connectivity index (χ1n) is 6.45. The first-order valence-corrected chi connectivity index (χ1v) is 6.45. The lowest BCUT2D eigenvalue weighted by Gasteiger charge is -2.02. The highest BCUT2D eigenvalue weighted by molar-refractivity contribution is 5.72. The van der Waals surface area contributed by atoms with Crippen LogP contribution in [0.4, 0.5) is 0 Å². The Labute approximate surface area is 113 Å². The molecule has 0 saturated carbocycles. The Balaban J connectivity index is 2.05. The highest BCUT2D eigenvalue weighted by Crippen LogP contribution is 2.01. The predicted octanol–water partition coefficient (Wildman–Crippen LogP) is 2.13. The van der Waals surface area contributed by atoms with Crippen LogP contribution in [0.2, 0.25) is 0 Å². The number of hydrogen-bond acceptors (Lipinski definition) is 2. The molecule has 0 radical (unpaired) electrons. The minimum atomic E-state index is -0.181. The first kappa shape index (κ1) is 13.3. The van der Waals surface area contributed by atoms with Crippen LogP contribution in [0.3, 0.4) is 0 Å².